The topological polar surface area (TPSA) is 42.0 Å². The number of halogens is 1. The van der Waals surface area contributed by atoms with Crippen molar-refractivity contribution in [3.63, 3.8) is 0 Å². The smallest absolute Gasteiger partial charge is 0.223 e. The highest BCUT2D eigenvalue weighted by atomic mass is 35.5. The third-order valence-corrected chi connectivity index (χ3v) is 5.37. The number of pyridine rings is 1. The maximum absolute atomic E-state index is 12.4. The number of nitrogens with one attached hydrogen (secondary N) is 1. The van der Waals surface area contributed by atoms with Gasteiger partial charge >= 0.3 is 0 Å². The van der Waals surface area contributed by atoms with Crippen LogP contribution in [0.2, 0.25) is 5.02 Å². The average Bonchev–Trinajstić information content (AvgIpc) is 3.48. The van der Waals surface area contributed by atoms with Gasteiger partial charge in [-0.3, -0.25) is 9.78 Å². The van der Waals surface area contributed by atoms with Gasteiger partial charge < -0.3 is 5.32 Å². The molecular formula is C19H19ClN2O. The molecule has 1 aromatic heterocycles. The lowest BCUT2D eigenvalue weighted by atomic mass is 9.96. The summed E-state index contributed by atoms with van der Waals surface area (Å²) in [5, 5.41) is 3.93. The van der Waals surface area contributed by atoms with E-state index in [4.69, 9.17) is 11.6 Å². The molecule has 1 aromatic carbocycles. The van der Waals surface area contributed by atoms with Gasteiger partial charge in [0.05, 0.1) is 0 Å². The second kappa shape index (κ2) is 5.64. The van der Waals surface area contributed by atoms with Crippen LogP contribution in [0, 0.1) is 5.92 Å². The molecule has 2 saturated carbocycles. The van der Waals surface area contributed by atoms with Gasteiger partial charge in [-0.2, -0.15) is 0 Å². The van der Waals surface area contributed by atoms with E-state index in [1.165, 1.54) is 11.1 Å². The average molecular weight is 327 g/mol. The summed E-state index contributed by atoms with van der Waals surface area (Å²) in [7, 11) is 0. The van der Waals surface area contributed by atoms with Crippen LogP contribution >= 0.6 is 11.6 Å². The van der Waals surface area contributed by atoms with Crippen LogP contribution in [0.25, 0.3) is 0 Å². The van der Waals surface area contributed by atoms with Crippen molar-refractivity contribution in [3.8, 4) is 0 Å². The summed E-state index contributed by atoms with van der Waals surface area (Å²) < 4.78 is 0. The maximum atomic E-state index is 12.4. The Kier molecular flexibility index (Phi) is 3.61. The maximum Gasteiger partial charge on any atom is 0.223 e. The highest BCUT2D eigenvalue weighted by molar-refractivity contribution is 6.30. The molecule has 4 heteroatoms. The van der Waals surface area contributed by atoms with E-state index < -0.39 is 0 Å². The number of benzene rings is 1. The Labute approximate surface area is 141 Å². The van der Waals surface area contributed by atoms with Gasteiger partial charge in [-0.25, -0.2) is 0 Å². The quantitative estimate of drug-likeness (QED) is 0.910. The first-order valence-corrected chi connectivity index (χ1v) is 8.49. The highest BCUT2D eigenvalue weighted by Crippen LogP contribution is 2.50. The summed E-state index contributed by atoms with van der Waals surface area (Å²) in [6, 6.07) is 12.0. The second-order valence-electron chi connectivity index (χ2n) is 6.74. The summed E-state index contributed by atoms with van der Waals surface area (Å²) in [6.45, 7) is 0.711. The summed E-state index contributed by atoms with van der Waals surface area (Å²) in [5.41, 5.74) is 2.51. The van der Waals surface area contributed by atoms with E-state index in [1.54, 1.807) is 6.20 Å². The fourth-order valence-electron chi connectivity index (χ4n) is 3.37. The third kappa shape index (κ3) is 2.98. The zero-order chi connectivity index (χ0) is 15.9. The molecule has 0 unspecified atom stereocenters. The molecule has 118 valence electrons. The Hall–Kier alpha value is -1.87. The molecule has 1 heterocycles. The van der Waals surface area contributed by atoms with Crippen LogP contribution in [0.3, 0.4) is 0 Å². The van der Waals surface area contributed by atoms with Crippen molar-refractivity contribution < 1.29 is 4.79 Å². The lowest BCUT2D eigenvalue weighted by molar-refractivity contribution is -0.122. The predicted octanol–water partition coefficient (Wildman–Crippen LogP) is 3.69. The molecule has 4 rings (SSSR count). The summed E-state index contributed by atoms with van der Waals surface area (Å²) in [6.07, 6.45) is 6.80. The minimum atomic E-state index is 0.0965. The van der Waals surface area contributed by atoms with Gasteiger partial charge in [-0.1, -0.05) is 29.8 Å². The van der Waals surface area contributed by atoms with Gasteiger partial charge in [0.2, 0.25) is 5.91 Å². The number of hydrogen-bond donors (Lipinski definition) is 1. The van der Waals surface area contributed by atoms with E-state index in [0.717, 1.165) is 24.3 Å². The van der Waals surface area contributed by atoms with Crippen molar-refractivity contribution >= 4 is 17.5 Å². The van der Waals surface area contributed by atoms with Crippen LogP contribution in [0.15, 0.2) is 48.8 Å². The molecule has 0 aliphatic heterocycles. The number of hydrogen-bond acceptors (Lipinski definition) is 2. The first-order valence-electron chi connectivity index (χ1n) is 8.12. The molecule has 0 bridgehead atoms. The van der Waals surface area contributed by atoms with Crippen LogP contribution in [-0.2, 0) is 10.2 Å². The standard InChI is InChI=1S/C19H19ClN2O/c20-15-5-1-4-14(9-15)19(6-7-19)12-22-18(23)17-10-16(17)13-3-2-8-21-11-13/h1-5,8-9,11,16-17H,6-7,10,12H2,(H,22,23)/t16-,17+/m0/s1. The molecule has 1 N–H and O–H groups in total. The van der Waals surface area contributed by atoms with E-state index in [0.29, 0.717) is 12.5 Å². The number of amides is 1. The van der Waals surface area contributed by atoms with Gasteiger partial charge in [0.15, 0.2) is 0 Å². The molecule has 2 fully saturated rings. The van der Waals surface area contributed by atoms with Crippen molar-refractivity contribution in [2.75, 3.05) is 6.54 Å². The van der Waals surface area contributed by atoms with E-state index in [1.807, 2.05) is 30.5 Å². The van der Waals surface area contributed by atoms with Crippen molar-refractivity contribution in [3.05, 3.63) is 64.9 Å². The van der Waals surface area contributed by atoms with Gasteiger partial charge in [0, 0.05) is 35.3 Å². The fourth-order valence-corrected chi connectivity index (χ4v) is 3.56. The SMILES string of the molecule is O=C(NCC1(c2cccc(Cl)c2)CC1)[C@@H]1C[C@H]1c1cccnc1. The number of carbonyl (C=O) groups is 1. The Morgan fingerprint density at radius 1 is 1.30 bits per heavy atom. The number of aromatic nitrogens is 1. The normalized spacial score (nSPS) is 24.0. The molecule has 2 aromatic rings. The number of carbonyl (C=O) groups excluding carboxylic acids is 1. The van der Waals surface area contributed by atoms with Crippen molar-refractivity contribution in [1.82, 2.24) is 10.3 Å². The Morgan fingerprint density at radius 2 is 2.17 bits per heavy atom. The number of nitrogens with zero attached hydrogens (tertiary/aromatic N) is 1. The van der Waals surface area contributed by atoms with Crippen molar-refractivity contribution in [2.45, 2.75) is 30.6 Å². The van der Waals surface area contributed by atoms with Crippen LogP contribution in [0.5, 0.6) is 0 Å². The fraction of sp³-hybridized carbons (Fsp3) is 0.368. The first kappa shape index (κ1) is 14.7. The zero-order valence-corrected chi connectivity index (χ0v) is 13.6. The predicted molar refractivity (Wildman–Crippen MR) is 90.5 cm³/mol. The second-order valence-corrected chi connectivity index (χ2v) is 7.18. The van der Waals surface area contributed by atoms with E-state index in [9.17, 15) is 4.79 Å². The zero-order valence-electron chi connectivity index (χ0n) is 12.8. The molecule has 2 aliphatic carbocycles. The van der Waals surface area contributed by atoms with Crippen LogP contribution < -0.4 is 5.32 Å². The van der Waals surface area contributed by atoms with Gasteiger partial charge in [0.1, 0.15) is 0 Å². The van der Waals surface area contributed by atoms with E-state index in [2.05, 4.69) is 22.4 Å². The van der Waals surface area contributed by atoms with Crippen LogP contribution in [0.1, 0.15) is 36.3 Å². The minimum Gasteiger partial charge on any atom is -0.355 e. The Morgan fingerprint density at radius 3 is 2.87 bits per heavy atom. The molecule has 3 nitrogen and oxygen atoms in total. The van der Waals surface area contributed by atoms with Crippen molar-refractivity contribution in [1.29, 1.82) is 0 Å². The monoisotopic (exact) mass is 326 g/mol. The molecule has 0 saturated heterocycles. The summed E-state index contributed by atoms with van der Waals surface area (Å²) >= 11 is 6.10. The minimum absolute atomic E-state index is 0.0965. The van der Waals surface area contributed by atoms with E-state index >= 15 is 0 Å². The summed E-state index contributed by atoms with van der Waals surface area (Å²) in [5.74, 6) is 0.617. The Balaban J connectivity index is 1.36. The summed E-state index contributed by atoms with van der Waals surface area (Å²) in [4.78, 5) is 16.5. The van der Waals surface area contributed by atoms with Crippen molar-refractivity contribution in [2.24, 2.45) is 5.92 Å². The first-order chi connectivity index (χ1) is 11.2. The molecule has 0 spiro atoms. The number of rotatable bonds is 5. The highest BCUT2D eigenvalue weighted by Gasteiger charge is 2.47. The van der Waals surface area contributed by atoms with E-state index in [-0.39, 0.29) is 17.2 Å². The lowest BCUT2D eigenvalue weighted by Gasteiger charge is -2.17. The largest absolute Gasteiger partial charge is 0.355 e. The molecule has 1 amide bonds. The molecule has 0 radical (unpaired) electrons. The molecule has 2 aliphatic rings. The van der Waals surface area contributed by atoms with Gasteiger partial charge in [0.25, 0.3) is 0 Å². The molecule has 2 atom stereocenters. The lowest BCUT2D eigenvalue weighted by Crippen LogP contribution is -2.33. The molecular weight excluding hydrogens is 308 g/mol. The Bertz CT molecular complexity index is 727. The van der Waals surface area contributed by atoms with Gasteiger partial charge in [-0.05, 0) is 54.5 Å². The van der Waals surface area contributed by atoms with Crippen LogP contribution in [-0.4, -0.2) is 17.4 Å². The van der Waals surface area contributed by atoms with Crippen LogP contribution in [0.4, 0.5) is 0 Å². The third-order valence-electron chi connectivity index (χ3n) is 5.13. The van der Waals surface area contributed by atoms with Gasteiger partial charge in [-0.15, -0.1) is 0 Å². The molecule has 23 heavy (non-hydrogen) atoms.